The van der Waals surface area contributed by atoms with Gasteiger partial charge in [0.05, 0.1) is 0 Å². The molecule has 0 saturated heterocycles. The molecule has 0 saturated carbocycles. The van der Waals surface area contributed by atoms with E-state index in [0.717, 1.165) is 30.8 Å². The Kier molecular flexibility index (Phi) is 1.66. The van der Waals surface area contributed by atoms with Crippen LogP contribution in [-0.2, 0) is 12.8 Å². The summed E-state index contributed by atoms with van der Waals surface area (Å²) < 4.78 is 5.80. The fourth-order valence-corrected chi connectivity index (χ4v) is 2.37. The van der Waals surface area contributed by atoms with Crippen LogP contribution in [0.2, 0.25) is 0 Å². The summed E-state index contributed by atoms with van der Waals surface area (Å²) in [5.74, 6) is 2.86. The predicted octanol–water partition coefficient (Wildman–Crippen LogP) is 3.44. The summed E-state index contributed by atoms with van der Waals surface area (Å²) in [7, 11) is 0. The molecule has 0 aromatic carbocycles. The van der Waals surface area contributed by atoms with E-state index < -0.39 is 0 Å². The van der Waals surface area contributed by atoms with Crippen molar-refractivity contribution in [3.05, 3.63) is 34.8 Å². The number of furan rings is 1. The Labute approximate surface area is 84.1 Å². The topological polar surface area (TPSA) is 13.1 Å². The molecule has 1 unspecified atom stereocenters. The maximum absolute atomic E-state index is 5.80. The molecule has 3 rings (SSSR count). The van der Waals surface area contributed by atoms with Gasteiger partial charge in [-0.1, -0.05) is 19.1 Å². The monoisotopic (exact) mass is 186 g/mol. The first-order valence-electron chi connectivity index (χ1n) is 5.34. The summed E-state index contributed by atoms with van der Waals surface area (Å²) >= 11 is 0. The van der Waals surface area contributed by atoms with Crippen LogP contribution < -0.4 is 0 Å². The van der Waals surface area contributed by atoms with Gasteiger partial charge in [-0.15, -0.1) is 0 Å². The van der Waals surface area contributed by atoms with E-state index in [1.54, 1.807) is 0 Å². The van der Waals surface area contributed by atoms with Crippen LogP contribution in [-0.4, -0.2) is 0 Å². The number of allylic oxidation sites excluding steroid dienone is 2. The molecule has 0 fully saturated rings. The molecule has 14 heavy (non-hydrogen) atoms. The third kappa shape index (κ3) is 1.08. The van der Waals surface area contributed by atoms with Crippen molar-refractivity contribution in [2.24, 2.45) is 5.92 Å². The zero-order valence-corrected chi connectivity index (χ0v) is 8.42. The van der Waals surface area contributed by atoms with Crippen LogP contribution in [0.5, 0.6) is 0 Å². The molecule has 1 aromatic rings. The van der Waals surface area contributed by atoms with E-state index in [4.69, 9.17) is 4.42 Å². The summed E-state index contributed by atoms with van der Waals surface area (Å²) in [5.41, 5.74) is 2.91. The Morgan fingerprint density at radius 2 is 2.07 bits per heavy atom. The fraction of sp³-hybridized carbons (Fsp3) is 0.385. The molecule has 2 aliphatic rings. The molecule has 0 N–H and O–H groups in total. The Hall–Kier alpha value is -1.24. The molecule has 1 heteroatoms. The highest BCUT2D eigenvalue weighted by Gasteiger charge is 2.22. The summed E-state index contributed by atoms with van der Waals surface area (Å²) in [6, 6.07) is 0. The van der Waals surface area contributed by atoms with Crippen LogP contribution in [0.4, 0.5) is 0 Å². The van der Waals surface area contributed by atoms with E-state index in [0.29, 0.717) is 5.92 Å². The highest BCUT2D eigenvalue weighted by Crippen LogP contribution is 2.34. The lowest BCUT2D eigenvalue weighted by Crippen LogP contribution is -2.04. The summed E-state index contributed by atoms with van der Waals surface area (Å²) in [6.07, 6.45) is 12.2. The fourth-order valence-electron chi connectivity index (χ4n) is 2.37. The SMILES string of the molecule is CC1C=Cc2oc3c(c2C1)CCC=C3. The van der Waals surface area contributed by atoms with Crippen molar-refractivity contribution in [1.29, 1.82) is 0 Å². The predicted molar refractivity (Wildman–Crippen MR) is 58.0 cm³/mol. The number of hydrogen-bond acceptors (Lipinski definition) is 1. The first-order chi connectivity index (χ1) is 6.84. The molecule has 1 aromatic heterocycles. The molecule has 0 amide bonds. The number of rotatable bonds is 0. The third-order valence-corrected chi connectivity index (χ3v) is 3.11. The van der Waals surface area contributed by atoms with E-state index in [9.17, 15) is 0 Å². The Bertz CT molecular complexity index is 421. The van der Waals surface area contributed by atoms with Gasteiger partial charge in [0.15, 0.2) is 0 Å². The summed E-state index contributed by atoms with van der Waals surface area (Å²) in [6.45, 7) is 2.26. The summed E-state index contributed by atoms with van der Waals surface area (Å²) in [5, 5.41) is 0. The van der Waals surface area contributed by atoms with E-state index >= 15 is 0 Å². The first kappa shape index (κ1) is 8.10. The number of fused-ring (bicyclic) bond motifs is 3. The zero-order chi connectivity index (χ0) is 9.54. The van der Waals surface area contributed by atoms with Crippen molar-refractivity contribution in [2.45, 2.75) is 26.2 Å². The van der Waals surface area contributed by atoms with Crippen molar-refractivity contribution < 1.29 is 4.42 Å². The van der Waals surface area contributed by atoms with Crippen molar-refractivity contribution in [2.75, 3.05) is 0 Å². The van der Waals surface area contributed by atoms with Gasteiger partial charge in [-0.3, -0.25) is 0 Å². The summed E-state index contributed by atoms with van der Waals surface area (Å²) in [4.78, 5) is 0. The average molecular weight is 186 g/mol. The third-order valence-electron chi connectivity index (χ3n) is 3.11. The maximum Gasteiger partial charge on any atom is 0.130 e. The quantitative estimate of drug-likeness (QED) is 0.605. The van der Waals surface area contributed by atoms with Gasteiger partial charge < -0.3 is 4.42 Å². The van der Waals surface area contributed by atoms with Gasteiger partial charge in [-0.2, -0.15) is 0 Å². The van der Waals surface area contributed by atoms with Crippen LogP contribution in [0.3, 0.4) is 0 Å². The minimum atomic E-state index is 0.662. The second-order valence-corrected chi connectivity index (χ2v) is 4.27. The molecular formula is C13H14O. The molecular weight excluding hydrogens is 172 g/mol. The molecule has 72 valence electrons. The van der Waals surface area contributed by atoms with Gasteiger partial charge in [0.25, 0.3) is 0 Å². The van der Waals surface area contributed by atoms with Crippen molar-refractivity contribution in [3.8, 4) is 0 Å². The minimum absolute atomic E-state index is 0.662. The second kappa shape index (κ2) is 2.88. The van der Waals surface area contributed by atoms with Gasteiger partial charge in [0.1, 0.15) is 11.5 Å². The molecule has 0 spiro atoms. The Balaban J connectivity index is 2.16. The molecule has 1 heterocycles. The van der Waals surface area contributed by atoms with Crippen LogP contribution in [0.25, 0.3) is 12.2 Å². The molecule has 1 nitrogen and oxygen atoms in total. The standard InChI is InChI=1S/C13H14O/c1-9-6-7-13-11(8-9)10-4-2-3-5-12(10)14-13/h3,5-7,9H,2,4,8H2,1H3. The van der Waals surface area contributed by atoms with Crippen LogP contribution in [0.1, 0.15) is 36.0 Å². The number of hydrogen-bond donors (Lipinski definition) is 0. The zero-order valence-electron chi connectivity index (χ0n) is 8.42. The Morgan fingerprint density at radius 1 is 1.21 bits per heavy atom. The molecule has 1 atom stereocenters. The van der Waals surface area contributed by atoms with Gasteiger partial charge in [-0.25, -0.2) is 0 Å². The molecule has 0 bridgehead atoms. The van der Waals surface area contributed by atoms with E-state index in [1.165, 1.54) is 11.1 Å². The highest BCUT2D eigenvalue weighted by atomic mass is 16.3. The van der Waals surface area contributed by atoms with E-state index in [-0.39, 0.29) is 0 Å². The van der Waals surface area contributed by atoms with Crippen LogP contribution in [0, 0.1) is 5.92 Å². The molecule has 0 aliphatic heterocycles. The van der Waals surface area contributed by atoms with Gasteiger partial charge >= 0.3 is 0 Å². The van der Waals surface area contributed by atoms with Gasteiger partial charge in [0, 0.05) is 11.1 Å². The van der Waals surface area contributed by atoms with Gasteiger partial charge in [-0.05, 0) is 37.3 Å². The van der Waals surface area contributed by atoms with Gasteiger partial charge in [0.2, 0.25) is 0 Å². The van der Waals surface area contributed by atoms with Crippen LogP contribution >= 0.6 is 0 Å². The average Bonchev–Trinajstić information content (AvgIpc) is 2.56. The largest absolute Gasteiger partial charge is 0.457 e. The Morgan fingerprint density at radius 3 is 3.00 bits per heavy atom. The van der Waals surface area contributed by atoms with Crippen molar-refractivity contribution >= 4 is 12.2 Å². The van der Waals surface area contributed by atoms with Crippen molar-refractivity contribution in [3.63, 3.8) is 0 Å². The lowest BCUT2D eigenvalue weighted by molar-refractivity contribution is 0.533. The minimum Gasteiger partial charge on any atom is -0.457 e. The second-order valence-electron chi connectivity index (χ2n) is 4.27. The van der Waals surface area contributed by atoms with Crippen LogP contribution in [0.15, 0.2) is 16.6 Å². The van der Waals surface area contributed by atoms with E-state index in [1.807, 2.05) is 0 Å². The molecule has 2 aliphatic carbocycles. The normalized spacial score (nSPS) is 23.4. The van der Waals surface area contributed by atoms with Crippen molar-refractivity contribution in [1.82, 2.24) is 0 Å². The maximum atomic E-state index is 5.80. The smallest absolute Gasteiger partial charge is 0.130 e. The van der Waals surface area contributed by atoms with E-state index in [2.05, 4.69) is 31.2 Å². The molecule has 0 radical (unpaired) electrons. The lowest BCUT2D eigenvalue weighted by atomic mass is 9.89. The highest BCUT2D eigenvalue weighted by molar-refractivity contribution is 5.62. The first-order valence-corrected chi connectivity index (χ1v) is 5.34. The lowest BCUT2D eigenvalue weighted by Gasteiger charge is -2.12.